The van der Waals surface area contributed by atoms with Crippen LogP contribution in [-0.2, 0) is 17.8 Å². The van der Waals surface area contributed by atoms with E-state index in [1.807, 2.05) is 7.05 Å². The number of rotatable bonds is 5. The van der Waals surface area contributed by atoms with Gasteiger partial charge in [0.2, 0.25) is 0 Å². The molecular formula is C14H24BrN5O. The molecule has 1 aliphatic rings. The molecule has 118 valence electrons. The van der Waals surface area contributed by atoms with Crippen LogP contribution in [0.15, 0.2) is 4.47 Å². The third kappa shape index (κ3) is 4.12. The molecule has 1 atom stereocenters. The molecule has 0 aromatic carbocycles. The Morgan fingerprint density at radius 1 is 1.33 bits per heavy atom. The van der Waals surface area contributed by atoms with Crippen molar-refractivity contribution in [3.63, 3.8) is 0 Å². The van der Waals surface area contributed by atoms with Crippen LogP contribution in [0.1, 0.15) is 11.5 Å². The van der Waals surface area contributed by atoms with Crippen molar-refractivity contribution in [2.75, 3.05) is 53.2 Å². The number of methoxy groups -OCH3 is 1. The molecule has 6 nitrogen and oxygen atoms in total. The molecule has 2 heterocycles. The van der Waals surface area contributed by atoms with Gasteiger partial charge in [0.25, 0.3) is 0 Å². The highest BCUT2D eigenvalue weighted by molar-refractivity contribution is 9.10. The van der Waals surface area contributed by atoms with Gasteiger partial charge < -0.3 is 19.9 Å². The highest BCUT2D eigenvalue weighted by Crippen LogP contribution is 2.24. The molecule has 0 saturated carbocycles. The Morgan fingerprint density at radius 2 is 2.10 bits per heavy atom. The summed E-state index contributed by atoms with van der Waals surface area (Å²) < 4.78 is 6.10. The minimum absolute atomic E-state index is 0.449. The van der Waals surface area contributed by atoms with E-state index in [4.69, 9.17) is 4.74 Å². The van der Waals surface area contributed by atoms with E-state index in [0.29, 0.717) is 12.6 Å². The fourth-order valence-corrected chi connectivity index (χ4v) is 3.06. The summed E-state index contributed by atoms with van der Waals surface area (Å²) in [5.41, 5.74) is 0.888. The molecule has 1 fully saturated rings. The topological polar surface area (TPSA) is 53.5 Å². The predicted octanol–water partition coefficient (Wildman–Crippen LogP) is 1.22. The Labute approximate surface area is 135 Å². The molecule has 1 unspecified atom stereocenters. The summed E-state index contributed by atoms with van der Waals surface area (Å²) in [4.78, 5) is 14.0. The number of piperazine rings is 1. The van der Waals surface area contributed by atoms with Gasteiger partial charge in [0.05, 0.1) is 16.8 Å². The molecule has 0 radical (unpaired) electrons. The molecule has 21 heavy (non-hydrogen) atoms. The first kappa shape index (κ1) is 16.6. The van der Waals surface area contributed by atoms with E-state index in [-0.39, 0.29) is 0 Å². The van der Waals surface area contributed by atoms with Gasteiger partial charge in [0.15, 0.2) is 0 Å². The van der Waals surface area contributed by atoms with Crippen LogP contribution in [0.2, 0.25) is 0 Å². The molecule has 2 rings (SSSR count). The Hall–Kier alpha value is -0.760. The summed E-state index contributed by atoms with van der Waals surface area (Å²) in [7, 11) is 7.88. The summed E-state index contributed by atoms with van der Waals surface area (Å²) in [5, 5.41) is 3.11. The van der Waals surface area contributed by atoms with E-state index >= 15 is 0 Å². The van der Waals surface area contributed by atoms with E-state index in [1.165, 1.54) is 0 Å². The second-order valence-corrected chi connectivity index (χ2v) is 6.33. The second kappa shape index (κ2) is 7.49. The van der Waals surface area contributed by atoms with Crippen LogP contribution >= 0.6 is 15.9 Å². The van der Waals surface area contributed by atoms with Crippen LogP contribution in [0.4, 0.5) is 5.82 Å². The zero-order valence-corrected chi connectivity index (χ0v) is 14.8. The molecule has 0 bridgehead atoms. The summed E-state index contributed by atoms with van der Waals surface area (Å²) in [5.74, 6) is 1.68. The fraction of sp³-hybridized carbons (Fsp3) is 0.714. The van der Waals surface area contributed by atoms with Crippen molar-refractivity contribution in [3.05, 3.63) is 16.0 Å². The lowest BCUT2D eigenvalue weighted by atomic mass is 10.1. The van der Waals surface area contributed by atoms with Crippen LogP contribution in [0.25, 0.3) is 0 Å². The smallest absolute Gasteiger partial charge is 0.144 e. The molecule has 1 aromatic rings. The number of halogens is 1. The lowest BCUT2D eigenvalue weighted by Crippen LogP contribution is -2.51. The number of nitrogens with one attached hydrogen (secondary N) is 1. The van der Waals surface area contributed by atoms with Crippen LogP contribution in [0, 0.1) is 0 Å². The largest absolute Gasteiger partial charge is 0.378 e. The maximum atomic E-state index is 5.22. The standard InChI is InChI=1S/C14H24BrN5O/c1-16-14-13(15)11(9-21-4)17-12(18-14)7-10-8-19(2)5-6-20(10)3/h10H,5-9H2,1-4H3,(H,16,17,18). The molecule has 1 N–H and O–H groups in total. The molecule has 0 amide bonds. The summed E-state index contributed by atoms with van der Waals surface area (Å²) in [6.07, 6.45) is 0.847. The van der Waals surface area contributed by atoms with E-state index in [9.17, 15) is 0 Å². The summed E-state index contributed by atoms with van der Waals surface area (Å²) in [6.45, 7) is 3.72. The van der Waals surface area contributed by atoms with Crippen molar-refractivity contribution >= 4 is 21.7 Å². The van der Waals surface area contributed by atoms with Crippen molar-refractivity contribution in [1.29, 1.82) is 0 Å². The molecule has 0 aliphatic carbocycles. The Balaban J connectivity index is 2.20. The fourth-order valence-electron chi connectivity index (χ4n) is 2.57. The summed E-state index contributed by atoms with van der Waals surface area (Å²) >= 11 is 3.54. The first-order chi connectivity index (χ1) is 10.0. The van der Waals surface area contributed by atoms with Gasteiger partial charge in [-0.15, -0.1) is 0 Å². The van der Waals surface area contributed by atoms with Gasteiger partial charge in [-0.25, -0.2) is 9.97 Å². The van der Waals surface area contributed by atoms with Crippen molar-refractivity contribution in [3.8, 4) is 0 Å². The third-order valence-corrected chi connectivity index (χ3v) is 4.72. The number of nitrogens with zero attached hydrogens (tertiary/aromatic N) is 4. The lowest BCUT2D eigenvalue weighted by Gasteiger charge is -2.37. The maximum absolute atomic E-state index is 5.22. The van der Waals surface area contributed by atoms with Gasteiger partial charge in [0.1, 0.15) is 11.6 Å². The molecule has 1 aromatic heterocycles. The monoisotopic (exact) mass is 357 g/mol. The van der Waals surface area contributed by atoms with E-state index in [2.05, 4.69) is 55.1 Å². The zero-order valence-electron chi connectivity index (χ0n) is 13.2. The number of aromatic nitrogens is 2. The number of hydrogen-bond acceptors (Lipinski definition) is 6. The number of ether oxygens (including phenoxy) is 1. The lowest BCUT2D eigenvalue weighted by molar-refractivity contribution is 0.113. The third-order valence-electron chi connectivity index (χ3n) is 3.88. The molecular weight excluding hydrogens is 334 g/mol. The van der Waals surface area contributed by atoms with Crippen molar-refractivity contribution < 1.29 is 4.74 Å². The number of hydrogen-bond donors (Lipinski definition) is 1. The van der Waals surface area contributed by atoms with Gasteiger partial charge in [0, 0.05) is 46.3 Å². The zero-order chi connectivity index (χ0) is 15.4. The van der Waals surface area contributed by atoms with Gasteiger partial charge in [-0.3, -0.25) is 0 Å². The normalized spacial score (nSPS) is 20.7. The highest BCUT2D eigenvalue weighted by Gasteiger charge is 2.24. The van der Waals surface area contributed by atoms with Gasteiger partial charge in [-0.1, -0.05) is 0 Å². The first-order valence-corrected chi connectivity index (χ1v) is 7.95. The van der Waals surface area contributed by atoms with Gasteiger partial charge in [-0.05, 0) is 30.0 Å². The van der Waals surface area contributed by atoms with Crippen LogP contribution in [0.3, 0.4) is 0 Å². The maximum Gasteiger partial charge on any atom is 0.144 e. The Morgan fingerprint density at radius 3 is 2.76 bits per heavy atom. The molecule has 1 saturated heterocycles. The van der Waals surface area contributed by atoms with Crippen molar-refractivity contribution in [2.45, 2.75) is 19.1 Å². The first-order valence-electron chi connectivity index (χ1n) is 7.16. The number of anilines is 1. The number of likely N-dealkylation sites (N-methyl/N-ethyl adjacent to an activating group) is 2. The van der Waals surface area contributed by atoms with Gasteiger partial charge in [-0.2, -0.15) is 0 Å². The van der Waals surface area contributed by atoms with Crippen LogP contribution < -0.4 is 5.32 Å². The Bertz CT molecular complexity index is 485. The SMILES string of the molecule is CNc1nc(CC2CN(C)CCN2C)nc(COC)c1Br. The minimum atomic E-state index is 0.449. The predicted molar refractivity (Wildman–Crippen MR) is 87.6 cm³/mol. The van der Waals surface area contributed by atoms with Crippen molar-refractivity contribution in [2.24, 2.45) is 0 Å². The average molecular weight is 358 g/mol. The second-order valence-electron chi connectivity index (χ2n) is 5.53. The Kier molecular flexibility index (Phi) is 5.92. The van der Waals surface area contributed by atoms with Crippen LogP contribution in [-0.4, -0.2) is 73.7 Å². The average Bonchev–Trinajstić information content (AvgIpc) is 2.46. The van der Waals surface area contributed by atoms with Gasteiger partial charge >= 0.3 is 0 Å². The minimum Gasteiger partial charge on any atom is -0.378 e. The van der Waals surface area contributed by atoms with E-state index in [1.54, 1.807) is 7.11 Å². The van der Waals surface area contributed by atoms with E-state index in [0.717, 1.165) is 47.9 Å². The van der Waals surface area contributed by atoms with Crippen molar-refractivity contribution in [1.82, 2.24) is 19.8 Å². The highest BCUT2D eigenvalue weighted by atomic mass is 79.9. The summed E-state index contributed by atoms with van der Waals surface area (Å²) in [6, 6.07) is 0.449. The molecule has 1 aliphatic heterocycles. The quantitative estimate of drug-likeness (QED) is 0.854. The molecule has 0 spiro atoms. The molecule has 7 heteroatoms. The van der Waals surface area contributed by atoms with E-state index < -0.39 is 0 Å². The van der Waals surface area contributed by atoms with Crippen LogP contribution in [0.5, 0.6) is 0 Å².